The van der Waals surface area contributed by atoms with Crippen LogP contribution < -0.4 is 5.32 Å². The molecule has 3 fully saturated rings. The number of hydrogen-bond donors (Lipinski definition) is 1. The fourth-order valence-electron chi connectivity index (χ4n) is 3.02. The molecule has 1 N–H and O–H groups in total. The van der Waals surface area contributed by atoms with Gasteiger partial charge in [-0.05, 0) is 43.9 Å². The topological polar surface area (TPSA) is 32.3 Å². The molecule has 1 atom stereocenters. The van der Waals surface area contributed by atoms with Crippen LogP contribution in [-0.4, -0.2) is 36.0 Å². The summed E-state index contributed by atoms with van der Waals surface area (Å²) in [5.41, 5.74) is 0. The number of likely N-dealkylation sites (tertiary alicyclic amines) is 1. The monoisotopic (exact) mass is 222 g/mol. The van der Waals surface area contributed by atoms with Crippen molar-refractivity contribution in [2.24, 2.45) is 11.8 Å². The highest BCUT2D eigenvalue weighted by atomic mass is 16.2. The molecule has 0 spiro atoms. The van der Waals surface area contributed by atoms with Crippen molar-refractivity contribution in [3.05, 3.63) is 0 Å². The standard InChI is InChI=1S/C13H22N2O/c1-9(16)15-7-6-12(8-15)14-13(10-2-3-10)11-4-5-11/h10-14H,2-8H2,1H3. The minimum absolute atomic E-state index is 0.235. The molecule has 0 aromatic carbocycles. The third-order valence-corrected chi connectivity index (χ3v) is 4.32. The number of nitrogens with zero attached hydrogens (tertiary/aromatic N) is 1. The molecule has 0 aromatic heterocycles. The SMILES string of the molecule is CC(=O)N1CCC(NC(C2CC2)C2CC2)C1. The van der Waals surface area contributed by atoms with E-state index in [2.05, 4.69) is 5.32 Å². The summed E-state index contributed by atoms with van der Waals surface area (Å²) in [6.45, 7) is 3.57. The minimum Gasteiger partial charge on any atom is -0.341 e. The van der Waals surface area contributed by atoms with Crippen molar-refractivity contribution < 1.29 is 4.79 Å². The van der Waals surface area contributed by atoms with Crippen LogP contribution in [0, 0.1) is 11.8 Å². The average Bonchev–Trinajstić information content (AvgIpc) is 3.15. The minimum atomic E-state index is 0.235. The quantitative estimate of drug-likeness (QED) is 0.779. The highest BCUT2D eigenvalue weighted by Gasteiger charge is 2.42. The van der Waals surface area contributed by atoms with Gasteiger partial charge in [0.2, 0.25) is 5.91 Å². The van der Waals surface area contributed by atoms with Gasteiger partial charge < -0.3 is 10.2 Å². The van der Waals surface area contributed by atoms with Crippen LogP contribution in [-0.2, 0) is 4.79 Å². The summed E-state index contributed by atoms with van der Waals surface area (Å²) in [6.07, 6.45) is 6.86. The van der Waals surface area contributed by atoms with E-state index in [1.807, 2.05) is 4.90 Å². The van der Waals surface area contributed by atoms with E-state index in [4.69, 9.17) is 0 Å². The van der Waals surface area contributed by atoms with Crippen LogP contribution in [0.4, 0.5) is 0 Å². The summed E-state index contributed by atoms with van der Waals surface area (Å²) in [5, 5.41) is 3.83. The fourth-order valence-corrected chi connectivity index (χ4v) is 3.02. The van der Waals surface area contributed by atoms with E-state index in [0.717, 1.165) is 37.4 Å². The van der Waals surface area contributed by atoms with Gasteiger partial charge in [0, 0.05) is 32.1 Å². The third kappa shape index (κ3) is 2.24. The molecule has 3 rings (SSSR count). The molecule has 3 heteroatoms. The van der Waals surface area contributed by atoms with Gasteiger partial charge >= 0.3 is 0 Å². The van der Waals surface area contributed by atoms with Crippen molar-refractivity contribution in [1.82, 2.24) is 10.2 Å². The van der Waals surface area contributed by atoms with Gasteiger partial charge in [-0.15, -0.1) is 0 Å². The van der Waals surface area contributed by atoms with Crippen molar-refractivity contribution in [3.8, 4) is 0 Å². The molecule has 3 aliphatic rings. The summed E-state index contributed by atoms with van der Waals surface area (Å²) >= 11 is 0. The molecule has 1 amide bonds. The molecular formula is C13H22N2O. The summed E-state index contributed by atoms with van der Waals surface area (Å²) in [5.74, 6) is 2.15. The van der Waals surface area contributed by atoms with Crippen LogP contribution >= 0.6 is 0 Å². The van der Waals surface area contributed by atoms with Crippen LogP contribution in [0.1, 0.15) is 39.0 Å². The molecule has 1 heterocycles. The van der Waals surface area contributed by atoms with E-state index in [0.29, 0.717) is 6.04 Å². The Morgan fingerprint density at radius 1 is 1.19 bits per heavy atom. The first-order valence-corrected chi connectivity index (χ1v) is 6.75. The fraction of sp³-hybridized carbons (Fsp3) is 0.923. The molecule has 1 aliphatic heterocycles. The van der Waals surface area contributed by atoms with Crippen LogP contribution in [0.25, 0.3) is 0 Å². The molecule has 0 aromatic rings. The van der Waals surface area contributed by atoms with Crippen LogP contribution in [0.3, 0.4) is 0 Å². The van der Waals surface area contributed by atoms with Crippen molar-refractivity contribution >= 4 is 5.91 Å². The lowest BCUT2D eigenvalue weighted by atomic mass is 10.1. The Hall–Kier alpha value is -0.570. The molecule has 2 saturated carbocycles. The normalized spacial score (nSPS) is 30.1. The molecule has 0 radical (unpaired) electrons. The lowest BCUT2D eigenvalue weighted by Crippen LogP contribution is -2.43. The van der Waals surface area contributed by atoms with E-state index in [1.54, 1.807) is 6.92 Å². The summed E-state index contributed by atoms with van der Waals surface area (Å²) in [4.78, 5) is 13.2. The van der Waals surface area contributed by atoms with Gasteiger partial charge in [0.05, 0.1) is 0 Å². The average molecular weight is 222 g/mol. The largest absolute Gasteiger partial charge is 0.341 e. The van der Waals surface area contributed by atoms with Crippen molar-refractivity contribution in [2.45, 2.75) is 51.1 Å². The van der Waals surface area contributed by atoms with Gasteiger partial charge in [0.15, 0.2) is 0 Å². The molecule has 0 bridgehead atoms. The summed E-state index contributed by atoms with van der Waals surface area (Å²) in [7, 11) is 0. The maximum Gasteiger partial charge on any atom is 0.219 e. The van der Waals surface area contributed by atoms with Crippen molar-refractivity contribution in [2.75, 3.05) is 13.1 Å². The number of rotatable bonds is 4. The molecule has 1 unspecified atom stereocenters. The van der Waals surface area contributed by atoms with Gasteiger partial charge in [-0.25, -0.2) is 0 Å². The third-order valence-electron chi connectivity index (χ3n) is 4.32. The lowest BCUT2D eigenvalue weighted by molar-refractivity contribution is -0.127. The maximum atomic E-state index is 11.3. The van der Waals surface area contributed by atoms with E-state index < -0.39 is 0 Å². The smallest absolute Gasteiger partial charge is 0.219 e. The van der Waals surface area contributed by atoms with Gasteiger partial charge in [0.25, 0.3) is 0 Å². The Morgan fingerprint density at radius 3 is 2.25 bits per heavy atom. The molecule has 1 saturated heterocycles. The Labute approximate surface area is 97.6 Å². The number of amides is 1. The maximum absolute atomic E-state index is 11.3. The highest BCUT2D eigenvalue weighted by Crippen LogP contribution is 2.44. The Balaban J connectivity index is 1.52. The van der Waals surface area contributed by atoms with Gasteiger partial charge in [-0.2, -0.15) is 0 Å². The molecule has 2 aliphatic carbocycles. The molecular weight excluding hydrogens is 200 g/mol. The first-order chi connectivity index (χ1) is 7.74. The summed E-state index contributed by atoms with van der Waals surface area (Å²) in [6, 6.07) is 1.34. The van der Waals surface area contributed by atoms with Crippen LogP contribution in [0.2, 0.25) is 0 Å². The lowest BCUT2D eigenvalue weighted by Gasteiger charge is -2.23. The molecule has 3 nitrogen and oxygen atoms in total. The van der Waals surface area contributed by atoms with E-state index in [-0.39, 0.29) is 5.91 Å². The number of carbonyl (C=O) groups excluding carboxylic acids is 1. The van der Waals surface area contributed by atoms with E-state index in [1.165, 1.54) is 25.7 Å². The summed E-state index contributed by atoms with van der Waals surface area (Å²) < 4.78 is 0. The highest BCUT2D eigenvalue weighted by molar-refractivity contribution is 5.73. The van der Waals surface area contributed by atoms with Gasteiger partial charge in [-0.1, -0.05) is 0 Å². The van der Waals surface area contributed by atoms with E-state index in [9.17, 15) is 4.79 Å². The van der Waals surface area contributed by atoms with Crippen LogP contribution in [0.5, 0.6) is 0 Å². The second-order valence-corrected chi connectivity index (χ2v) is 5.82. The zero-order valence-corrected chi connectivity index (χ0v) is 10.1. The Kier molecular flexibility index (Phi) is 2.66. The Bertz CT molecular complexity index is 272. The van der Waals surface area contributed by atoms with Crippen molar-refractivity contribution in [3.63, 3.8) is 0 Å². The second kappa shape index (κ2) is 4.02. The second-order valence-electron chi connectivity index (χ2n) is 5.82. The molecule has 16 heavy (non-hydrogen) atoms. The van der Waals surface area contributed by atoms with Crippen LogP contribution in [0.15, 0.2) is 0 Å². The Morgan fingerprint density at radius 2 is 1.81 bits per heavy atom. The first kappa shape index (κ1) is 10.6. The predicted molar refractivity (Wildman–Crippen MR) is 63.0 cm³/mol. The number of carbonyl (C=O) groups is 1. The predicted octanol–water partition coefficient (Wildman–Crippen LogP) is 1.39. The van der Waals surface area contributed by atoms with Gasteiger partial charge in [0.1, 0.15) is 0 Å². The number of hydrogen-bond acceptors (Lipinski definition) is 2. The van der Waals surface area contributed by atoms with Gasteiger partial charge in [-0.3, -0.25) is 4.79 Å². The molecule has 90 valence electrons. The van der Waals surface area contributed by atoms with Crippen molar-refractivity contribution in [1.29, 1.82) is 0 Å². The first-order valence-electron chi connectivity index (χ1n) is 6.75. The van der Waals surface area contributed by atoms with E-state index >= 15 is 0 Å². The number of nitrogens with one attached hydrogen (secondary N) is 1. The zero-order chi connectivity index (χ0) is 11.1. The zero-order valence-electron chi connectivity index (χ0n) is 10.1.